The Hall–Kier alpha value is -1.88. The van der Waals surface area contributed by atoms with E-state index in [0.717, 1.165) is 24.8 Å². The van der Waals surface area contributed by atoms with Crippen LogP contribution in [0.4, 0.5) is 0 Å². The standard InChI is InChI=1S/C18H23NO4/c20-15(17(6-7-17)12-14-4-2-1-3-5-14)19-13-18(16(21)22)8-10-23-11-9-18/h1-5H,6-13H2,(H,19,20)(H,21,22). The van der Waals surface area contributed by atoms with Crippen LogP contribution in [0.5, 0.6) is 0 Å². The lowest BCUT2D eigenvalue weighted by molar-refractivity contribution is -0.154. The summed E-state index contributed by atoms with van der Waals surface area (Å²) >= 11 is 0. The van der Waals surface area contributed by atoms with Crippen LogP contribution >= 0.6 is 0 Å². The van der Waals surface area contributed by atoms with Crippen LogP contribution in [0.1, 0.15) is 31.2 Å². The maximum absolute atomic E-state index is 12.6. The highest BCUT2D eigenvalue weighted by Gasteiger charge is 2.50. The summed E-state index contributed by atoms with van der Waals surface area (Å²) in [4.78, 5) is 24.2. The van der Waals surface area contributed by atoms with E-state index in [-0.39, 0.29) is 17.9 Å². The van der Waals surface area contributed by atoms with Gasteiger partial charge in [0.05, 0.1) is 10.8 Å². The van der Waals surface area contributed by atoms with Crippen molar-refractivity contribution in [2.75, 3.05) is 19.8 Å². The van der Waals surface area contributed by atoms with Crippen molar-refractivity contribution < 1.29 is 19.4 Å². The summed E-state index contributed by atoms with van der Waals surface area (Å²) in [6, 6.07) is 9.98. The number of hydrogen-bond donors (Lipinski definition) is 2. The first-order valence-electron chi connectivity index (χ1n) is 8.20. The molecule has 3 rings (SSSR count). The quantitative estimate of drug-likeness (QED) is 0.841. The van der Waals surface area contributed by atoms with E-state index in [9.17, 15) is 14.7 Å². The normalized spacial score (nSPS) is 21.4. The molecule has 1 aliphatic heterocycles. The van der Waals surface area contributed by atoms with Gasteiger partial charge in [-0.2, -0.15) is 0 Å². The van der Waals surface area contributed by atoms with Gasteiger partial charge in [0.1, 0.15) is 0 Å². The number of carboxylic acid groups (broad SMARTS) is 1. The zero-order valence-electron chi connectivity index (χ0n) is 13.2. The van der Waals surface area contributed by atoms with Gasteiger partial charge in [0, 0.05) is 19.8 Å². The summed E-state index contributed by atoms with van der Waals surface area (Å²) in [7, 11) is 0. The van der Waals surface area contributed by atoms with Crippen LogP contribution in [0.3, 0.4) is 0 Å². The van der Waals surface area contributed by atoms with Crippen molar-refractivity contribution in [2.45, 2.75) is 32.1 Å². The molecule has 5 heteroatoms. The molecule has 0 atom stereocenters. The minimum absolute atomic E-state index is 0.00605. The fourth-order valence-corrected chi connectivity index (χ4v) is 3.29. The molecule has 1 aromatic carbocycles. The van der Waals surface area contributed by atoms with Crippen molar-refractivity contribution in [3.05, 3.63) is 35.9 Å². The second-order valence-corrected chi connectivity index (χ2v) is 6.82. The highest BCUT2D eigenvalue weighted by molar-refractivity contribution is 5.86. The maximum Gasteiger partial charge on any atom is 0.311 e. The second kappa shape index (κ2) is 6.32. The SMILES string of the molecule is O=C(O)C1(CNC(=O)C2(Cc3ccccc3)CC2)CCOCC1. The molecular weight excluding hydrogens is 294 g/mol. The fourth-order valence-electron chi connectivity index (χ4n) is 3.29. The number of carbonyl (C=O) groups excluding carboxylic acids is 1. The topological polar surface area (TPSA) is 75.6 Å². The van der Waals surface area contributed by atoms with E-state index in [2.05, 4.69) is 5.32 Å². The van der Waals surface area contributed by atoms with Gasteiger partial charge >= 0.3 is 5.97 Å². The zero-order valence-corrected chi connectivity index (χ0v) is 13.2. The summed E-state index contributed by atoms with van der Waals surface area (Å²) in [5.74, 6) is -0.845. The molecule has 0 spiro atoms. The number of hydrogen-bond acceptors (Lipinski definition) is 3. The molecule has 2 N–H and O–H groups in total. The zero-order chi connectivity index (χ0) is 16.3. The van der Waals surface area contributed by atoms with E-state index < -0.39 is 11.4 Å². The lowest BCUT2D eigenvalue weighted by Crippen LogP contribution is -2.48. The van der Waals surface area contributed by atoms with Gasteiger partial charge in [-0.15, -0.1) is 0 Å². The minimum atomic E-state index is -0.878. The molecule has 0 unspecified atom stereocenters. The van der Waals surface area contributed by atoms with Gasteiger partial charge in [-0.05, 0) is 37.7 Å². The van der Waals surface area contributed by atoms with E-state index in [0.29, 0.717) is 26.1 Å². The predicted octanol–water partition coefficient (Wildman–Crippen LogP) is 2.01. The maximum atomic E-state index is 12.6. The smallest absolute Gasteiger partial charge is 0.311 e. The number of aliphatic carboxylic acids is 1. The second-order valence-electron chi connectivity index (χ2n) is 6.82. The number of nitrogens with one attached hydrogen (secondary N) is 1. The average molecular weight is 317 g/mol. The lowest BCUT2D eigenvalue weighted by atomic mass is 9.80. The Kier molecular flexibility index (Phi) is 4.39. The van der Waals surface area contributed by atoms with Gasteiger partial charge in [0.15, 0.2) is 0 Å². The predicted molar refractivity (Wildman–Crippen MR) is 84.9 cm³/mol. The van der Waals surface area contributed by atoms with Crippen LogP contribution in [0, 0.1) is 10.8 Å². The molecule has 1 aliphatic carbocycles. The van der Waals surface area contributed by atoms with Crippen LogP contribution in [0.15, 0.2) is 30.3 Å². The summed E-state index contributed by atoms with van der Waals surface area (Å²) in [5.41, 5.74) is -0.0673. The van der Waals surface area contributed by atoms with E-state index in [4.69, 9.17) is 4.74 Å². The molecule has 23 heavy (non-hydrogen) atoms. The molecule has 0 aromatic heterocycles. The third kappa shape index (κ3) is 3.39. The molecule has 1 amide bonds. The van der Waals surface area contributed by atoms with Crippen molar-refractivity contribution in [3.8, 4) is 0 Å². The number of carboxylic acids is 1. The Morgan fingerprint density at radius 2 is 1.70 bits per heavy atom. The largest absolute Gasteiger partial charge is 0.481 e. The number of carbonyl (C=O) groups is 2. The molecular formula is C18H23NO4. The number of rotatable bonds is 6. The molecule has 1 heterocycles. The van der Waals surface area contributed by atoms with Gasteiger partial charge in [0.25, 0.3) is 0 Å². The third-order valence-corrected chi connectivity index (χ3v) is 5.21. The highest BCUT2D eigenvalue weighted by atomic mass is 16.5. The van der Waals surface area contributed by atoms with Gasteiger partial charge in [-0.3, -0.25) is 9.59 Å². The van der Waals surface area contributed by atoms with Crippen LogP contribution < -0.4 is 5.32 Å². The average Bonchev–Trinajstić information content (AvgIpc) is 3.35. The van der Waals surface area contributed by atoms with Crippen LogP contribution in [-0.2, 0) is 20.7 Å². The van der Waals surface area contributed by atoms with Gasteiger partial charge < -0.3 is 15.2 Å². The van der Waals surface area contributed by atoms with E-state index in [1.54, 1.807) is 0 Å². The highest BCUT2D eigenvalue weighted by Crippen LogP contribution is 2.48. The minimum Gasteiger partial charge on any atom is -0.481 e. The van der Waals surface area contributed by atoms with Gasteiger partial charge in [-0.25, -0.2) is 0 Å². The molecule has 1 aromatic rings. The van der Waals surface area contributed by atoms with Crippen molar-refractivity contribution in [1.29, 1.82) is 0 Å². The Balaban J connectivity index is 1.61. The molecule has 0 radical (unpaired) electrons. The van der Waals surface area contributed by atoms with E-state index >= 15 is 0 Å². The summed E-state index contributed by atoms with van der Waals surface area (Å²) in [6.45, 7) is 1.08. The summed E-state index contributed by atoms with van der Waals surface area (Å²) in [5, 5.41) is 12.5. The monoisotopic (exact) mass is 317 g/mol. The van der Waals surface area contributed by atoms with E-state index in [1.807, 2.05) is 30.3 Å². The number of benzene rings is 1. The Labute approximate surface area is 136 Å². The van der Waals surface area contributed by atoms with Crippen molar-refractivity contribution in [2.24, 2.45) is 10.8 Å². The van der Waals surface area contributed by atoms with Crippen LogP contribution in [0.2, 0.25) is 0 Å². The molecule has 2 fully saturated rings. The van der Waals surface area contributed by atoms with Gasteiger partial charge in [0.2, 0.25) is 5.91 Å². The number of amides is 1. The molecule has 0 bridgehead atoms. The molecule has 124 valence electrons. The summed E-state index contributed by atoms with van der Waals surface area (Å²) < 4.78 is 5.26. The molecule has 1 saturated heterocycles. The Morgan fingerprint density at radius 1 is 1.04 bits per heavy atom. The van der Waals surface area contributed by atoms with Crippen LogP contribution in [-0.4, -0.2) is 36.7 Å². The number of ether oxygens (including phenoxy) is 1. The first kappa shape index (κ1) is 16.0. The van der Waals surface area contributed by atoms with E-state index in [1.165, 1.54) is 0 Å². The Bertz CT molecular complexity index is 574. The van der Waals surface area contributed by atoms with Crippen molar-refractivity contribution in [1.82, 2.24) is 5.32 Å². The Morgan fingerprint density at radius 3 is 2.26 bits per heavy atom. The lowest BCUT2D eigenvalue weighted by Gasteiger charge is -2.33. The first-order chi connectivity index (χ1) is 11.1. The molecule has 1 saturated carbocycles. The van der Waals surface area contributed by atoms with Crippen LogP contribution in [0.25, 0.3) is 0 Å². The molecule has 2 aliphatic rings. The fraction of sp³-hybridized carbons (Fsp3) is 0.556. The van der Waals surface area contributed by atoms with Crippen molar-refractivity contribution in [3.63, 3.8) is 0 Å². The van der Waals surface area contributed by atoms with Gasteiger partial charge in [-0.1, -0.05) is 30.3 Å². The first-order valence-corrected chi connectivity index (χ1v) is 8.20. The third-order valence-electron chi connectivity index (χ3n) is 5.21. The van der Waals surface area contributed by atoms with Crippen molar-refractivity contribution >= 4 is 11.9 Å². The summed E-state index contributed by atoms with van der Waals surface area (Å²) in [6.07, 6.45) is 3.37. The molecule has 5 nitrogen and oxygen atoms in total.